The van der Waals surface area contributed by atoms with Gasteiger partial charge >= 0.3 is 0 Å². The highest BCUT2D eigenvalue weighted by Crippen LogP contribution is 2.48. The van der Waals surface area contributed by atoms with Crippen LogP contribution in [0, 0.1) is 12.7 Å². The fourth-order valence-corrected chi connectivity index (χ4v) is 4.37. The molecule has 0 amide bonds. The van der Waals surface area contributed by atoms with Gasteiger partial charge in [0, 0.05) is 5.56 Å². The first-order valence-corrected chi connectivity index (χ1v) is 9.30. The second-order valence-electron chi connectivity index (χ2n) is 6.27. The summed E-state index contributed by atoms with van der Waals surface area (Å²) in [6, 6.07) is 11.6. The van der Waals surface area contributed by atoms with Gasteiger partial charge in [0.15, 0.2) is 17.3 Å². The minimum absolute atomic E-state index is 0.0523. The molecule has 2 aromatic carbocycles. The summed E-state index contributed by atoms with van der Waals surface area (Å²) in [4.78, 5) is 4.70. The molecule has 1 aliphatic rings. The van der Waals surface area contributed by atoms with Crippen LogP contribution in [-0.4, -0.2) is 27.0 Å². The first-order chi connectivity index (χ1) is 13.0. The Morgan fingerprint density at radius 3 is 2.56 bits per heavy atom. The van der Waals surface area contributed by atoms with Crippen molar-refractivity contribution in [2.45, 2.75) is 19.1 Å². The van der Waals surface area contributed by atoms with E-state index in [0.717, 1.165) is 33.4 Å². The lowest BCUT2D eigenvalue weighted by Gasteiger charge is -2.22. The van der Waals surface area contributed by atoms with Crippen LogP contribution in [-0.2, 0) is 0 Å². The molecule has 5 nitrogen and oxygen atoms in total. The molecule has 27 heavy (non-hydrogen) atoms. The summed E-state index contributed by atoms with van der Waals surface area (Å²) in [6.07, 6.45) is 0. The molecule has 0 saturated carbocycles. The second kappa shape index (κ2) is 6.74. The van der Waals surface area contributed by atoms with Crippen LogP contribution in [0.3, 0.4) is 0 Å². The first-order valence-electron chi connectivity index (χ1n) is 8.42. The molecular formula is C20H18FN3O2S. The normalized spacial score (nSPS) is 16.0. The van der Waals surface area contributed by atoms with Gasteiger partial charge in [0.1, 0.15) is 5.82 Å². The van der Waals surface area contributed by atoms with Gasteiger partial charge in [0.2, 0.25) is 0 Å². The number of fused-ring (bicyclic) bond motifs is 1. The molecule has 0 fully saturated rings. The number of aromatic hydroxyl groups is 1. The molecule has 4 rings (SSSR count). The molecule has 3 aromatic rings. The molecule has 1 unspecified atom stereocenters. The molecule has 0 bridgehead atoms. The molecule has 2 heterocycles. The Labute approximate surface area is 160 Å². The van der Waals surface area contributed by atoms with Crippen molar-refractivity contribution in [3.63, 3.8) is 0 Å². The lowest BCUT2D eigenvalue weighted by molar-refractivity contribution is 0.373. The molecule has 1 aliphatic heterocycles. The van der Waals surface area contributed by atoms with Gasteiger partial charge < -0.3 is 9.84 Å². The summed E-state index contributed by atoms with van der Waals surface area (Å²) in [5.41, 5.74) is 3.52. The highest BCUT2D eigenvalue weighted by atomic mass is 32.2. The lowest BCUT2D eigenvalue weighted by atomic mass is 10.0. The van der Waals surface area contributed by atoms with Crippen molar-refractivity contribution in [1.29, 1.82) is 0 Å². The van der Waals surface area contributed by atoms with Crippen LogP contribution < -0.4 is 4.74 Å². The Bertz CT molecular complexity index is 1040. The summed E-state index contributed by atoms with van der Waals surface area (Å²) in [7, 11) is 1.52. The van der Waals surface area contributed by atoms with Crippen molar-refractivity contribution in [1.82, 2.24) is 9.78 Å². The summed E-state index contributed by atoms with van der Waals surface area (Å²) >= 11 is 1.61. The third kappa shape index (κ3) is 3.08. The van der Waals surface area contributed by atoms with E-state index >= 15 is 0 Å². The van der Waals surface area contributed by atoms with Crippen LogP contribution in [0.25, 0.3) is 5.69 Å². The van der Waals surface area contributed by atoms with Crippen LogP contribution in [0.2, 0.25) is 0 Å². The molecule has 0 radical (unpaired) electrons. The standard InChI is InChI=1S/C20H18FN3O2S/c1-11-18-19(13-4-9-17(26-3)16(25)10-13)27-12(2)22-20(18)24(23-11)15-7-5-14(21)6-8-15/h4-10,19,25H,1-3H3. The number of aryl methyl sites for hydroxylation is 1. The molecule has 0 aliphatic carbocycles. The number of methoxy groups -OCH3 is 1. The quantitative estimate of drug-likeness (QED) is 0.697. The van der Waals surface area contributed by atoms with Crippen molar-refractivity contribution in [3.05, 3.63) is 65.1 Å². The van der Waals surface area contributed by atoms with Crippen molar-refractivity contribution in [2.24, 2.45) is 4.99 Å². The van der Waals surface area contributed by atoms with Gasteiger partial charge in [0.25, 0.3) is 0 Å². The number of hydrogen-bond acceptors (Lipinski definition) is 5. The zero-order valence-corrected chi connectivity index (χ0v) is 15.9. The average Bonchev–Trinajstić information content (AvgIpc) is 2.98. The number of aliphatic imine (C=N–C) groups is 1. The van der Waals surface area contributed by atoms with Crippen LogP contribution in [0.1, 0.15) is 29.0 Å². The van der Waals surface area contributed by atoms with E-state index in [2.05, 4.69) is 5.10 Å². The minimum Gasteiger partial charge on any atom is -0.504 e. The summed E-state index contributed by atoms with van der Waals surface area (Å²) in [6.45, 7) is 3.88. The average molecular weight is 383 g/mol. The van der Waals surface area contributed by atoms with E-state index < -0.39 is 0 Å². The molecule has 1 N–H and O–H groups in total. The lowest BCUT2D eigenvalue weighted by Crippen LogP contribution is -2.06. The monoisotopic (exact) mass is 383 g/mol. The fourth-order valence-electron chi connectivity index (χ4n) is 3.21. The van der Waals surface area contributed by atoms with Crippen molar-refractivity contribution in [3.8, 4) is 17.2 Å². The SMILES string of the molecule is COc1ccc(C2SC(C)=Nc3c2c(C)nn3-c2ccc(F)cc2)cc1O. The third-order valence-electron chi connectivity index (χ3n) is 4.47. The van der Waals surface area contributed by atoms with E-state index in [1.807, 2.05) is 19.9 Å². The highest BCUT2D eigenvalue weighted by Gasteiger charge is 2.30. The summed E-state index contributed by atoms with van der Waals surface area (Å²) < 4.78 is 20.2. The summed E-state index contributed by atoms with van der Waals surface area (Å²) in [5, 5.41) is 15.7. The van der Waals surface area contributed by atoms with Gasteiger partial charge in [-0.1, -0.05) is 17.8 Å². The maximum atomic E-state index is 13.3. The van der Waals surface area contributed by atoms with Gasteiger partial charge in [-0.3, -0.25) is 0 Å². The van der Waals surface area contributed by atoms with E-state index in [-0.39, 0.29) is 16.8 Å². The number of benzene rings is 2. The number of aromatic nitrogens is 2. The maximum absolute atomic E-state index is 13.3. The Kier molecular flexibility index (Phi) is 4.39. The number of hydrogen-bond donors (Lipinski definition) is 1. The van der Waals surface area contributed by atoms with Crippen molar-refractivity contribution < 1.29 is 14.2 Å². The number of phenolic OH excluding ortho intramolecular Hbond substituents is 1. The molecule has 1 atom stereocenters. The molecule has 1 aromatic heterocycles. The zero-order valence-electron chi connectivity index (χ0n) is 15.1. The van der Waals surface area contributed by atoms with E-state index in [9.17, 15) is 9.50 Å². The van der Waals surface area contributed by atoms with Crippen LogP contribution in [0.4, 0.5) is 10.2 Å². The highest BCUT2D eigenvalue weighted by molar-refractivity contribution is 8.14. The second-order valence-corrected chi connectivity index (χ2v) is 7.57. The Morgan fingerprint density at radius 1 is 1.15 bits per heavy atom. The Balaban J connectivity index is 1.85. The van der Waals surface area contributed by atoms with Crippen LogP contribution in [0.15, 0.2) is 47.5 Å². The Hall–Kier alpha value is -2.80. The topological polar surface area (TPSA) is 59.6 Å². The number of rotatable bonds is 3. The van der Waals surface area contributed by atoms with E-state index in [0.29, 0.717) is 5.75 Å². The summed E-state index contributed by atoms with van der Waals surface area (Å²) in [5.74, 6) is 0.971. The predicted molar refractivity (Wildman–Crippen MR) is 105 cm³/mol. The van der Waals surface area contributed by atoms with Gasteiger partial charge in [0.05, 0.1) is 28.8 Å². The molecular weight excluding hydrogens is 365 g/mol. The van der Waals surface area contributed by atoms with Gasteiger partial charge in [-0.15, -0.1) is 0 Å². The van der Waals surface area contributed by atoms with Gasteiger partial charge in [-0.05, 0) is 55.8 Å². The first kappa shape index (κ1) is 17.6. The fraction of sp³-hybridized carbons (Fsp3) is 0.200. The number of halogens is 1. The van der Waals surface area contributed by atoms with E-state index in [4.69, 9.17) is 9.73 Å². The third-order valence-corrected chi connectivity index (χ3v) is 5.65. The molecule has 0 saturated heterocycles. The van der Waals surface area contributed by atoms with Gasteiger partial charge in [-0.25, -0.2) is 14.1 Å². The number of nitrogens with zero attached hydrogens (tertiary/aromatic N) is 3. The molecule has 0 spiro atoms. The van der Waals surface area contributed by atoms with Crippen LogP contribution in [0.5, 0.6) is 11.5 Å². The number of thioether (sulfide) groups is 1. The van der Waals surface area contributed by atoms with E-state index in [1.54, 1.807) is 40.7 Å². The number of ether oxygens (including phenoxy) is 1. The van der Waals surface area contributed by atoms with Crippen molar-refractivity contribution in [2.75, 3.05) is 7.11 Å². The van der Waals surface area contributed by atoms with Crippen molar-refractivity contribution >= 4 is 22.6 Å². The zero-order chi connectivity index (χ0) is 19.1. The maximum Gasteiger partial charge on any atom is 0.161 e. The van der Waals surface area contributed by atoms with Gasteiger partial charge in [-0.2, -0.15) is 5.10 Å². The van der Waals surface area contributed by atoms with E-state index in [1.165, 1.54) is 19.2 Å². The minimum atomic E-state index is -0.293. The smallest absolute Gasteiger partial charge is 0.161 e. The Morgan fingerprint density at radius 2 is 1.89 bits per heavy atom. The predicted octanol–water partition coefficient (Wildman–Crippen LogP) is 4.92. The molecule has 138 valence electrons. The van der Waals surface area contributed by atoms with Crippen LogP contribution >= 0.6 is 11.8 Å². The largest absolute Gasteiger partial charge is 0.504 e. The molecule has 7 heteroatoms. The number of phenols is 1.